The molecule has 0 aliphatic rings. The van der Waals surface area contributed by atoms with Crippen molar-refractivity contribution in [1.82, 2.24) is 15.1 Å². The third kappa shape index (κ3) is 39.1. The van der Waals surface area contributed by atoms with Crippen LogP contribution in [0.4, 0.5) is 0 Å². The number of carbonyl (C=O) groups excluding carboxylic acids is 2. The first-order valence-corrected chi connectivity index (χ1v) is 24.8. The van der Waals surface area contributed by atoms with E-state index in [4.69, 9.17) is 14.7 Å². The summed E-state index contributed by atoms with van der Waals surface area (Å²) in [5.41, 5.74) is 0. The van der Waals surface area contributed by atoms with Gasteiger partial charge in [-0.2, -0.15) is 5.26 Å². The monoisotopic (exact) mass is 818 g/mol. The zero-order valence-electron chi connectivity index (χ0n) is 39.1. The quantitative estimate of drug-likeness (QED) is 0.0213. The molecule has 1 N–H and O–H groups in total. The van der Waals surface area contributed by atoms with E-state index in [1.165, 1.54) is 122 Å². The summed E-state index contributed by atoms with van der Waals surface area (Å²) in [5.74, 6) is 0.581. The Bertz CT molecular complexity index is 969. The first-order valence-electron chi connectivity index (χ1n) is 24.8. The third-order valence-electron chi connectivity index (χ3n) is 11.3. The summed E-state index contributed by atoms with van der Waals surface area (Å²) in [6, 6.07) is 0. The van der Waals surface area contributed by atoms with Crippen LogP contribution in [0.3, 0.4) is 0 Å². The van der Waals surface area contributed by atoms with E-state index >= 15 is 0 Å². The number of hydrogen-bond acceptors (Lipinski definition) is 7. The van der Waals surface area contributed by atoms with Gasteiger partial charge in [-0.05, 0) is 83.8 Å². The number of hydrogen-bond donors (Lipinski definition) is 1. The summed E-state index contributed by atoms with van der Waals surface area (Å²) in [6.07, 6.45) is 41.1. The maximum atomic E-state index is 12.8. The fourth-order valence-corrected chi connectivity index (χ4v) is 7.58. The van der Waals surface area contributed by atoms with Crippen molar-refractivity contribution in [2.24, 2.45) is 4.99 Å². The smallest absolute Gasteiger partial charge is 0.306 e. The molecule has 340 valence electrons. The predicted molar refractivity (Wildman–Crippen MR) is 246 cm³/mol. The van der Waals surface area contributed by atoms with Crippen LogP contribution < -0.4 is 5.32 Å². The SMILES string of the molecule is CCCCCCCCCOC(=O)CCCCCCCN(CCCCCCCC(=O)OC(CCCCCCCC)CCCCCCCC)CCCN/C(=N/C#N)N(C)C. The number of ether oxygens (including phenoxy) is 2. The van der Waals surface area contributed by atoms with Crippen LogP contribution in [0.15, 0.2) is 4.99 Å². The molecule has 0 bridgehead atoms. The Hall–Kier alpha value is -2.34. The summed E-state index contributed by atoms with van der Waals surface area (Å²) in [6.45, 7) is 11.3. The van der Waals surface area contributed by atoms with E-state index in [0.717, 1.165) is 110 Å². The molecule has 0 spiro atoms. The maximum Gasteiger partial charge on any atom is 0.306 e. The lowest BCUT2D eigenvalue weighted by Crippen LogP contribution is -2.38. The lowest BCUT2D eigenvalue weighted by atomic mass is 10.0. The molecular formula is C49H95N5O4. The highest BCUT2D eigenvalue weighted by Crippen LogP contribution is 2.19. The van der Waals surface area contributed by atoms with Gasteiger partial charge in [-0.25, -0.2) is 0 Å². The highest BCUT2D eigenvalue weighted by atomic mass is 16.5. The van der Waals surface area contributed by atoms with Gasteiger partial charge in [-0.3, -0.25) is 9.59 Å². The Morgan fingerprint density at radius 1 is 0.552 bits per heavy atom. The van der Waals surface area contributed by atoms with Gasteiger partial charge in [0.05, 0.1) is 6.61 Å². The minimum atomic E-state index is -0.0332. The minimum absolute atomic E-state index is 0.0118. The molecule has 0 aromatic rings. The first-order chi connectivity index (χ1) is 28.4. The van der Waals surface area contributed by atoms with E-state index in [9.17, 15) is 9.59 Å². The fourth-order valence-electron chi connectivity index (χ4n) is 7.58. The molecule has 0 rings (SSSR count). The number of nitrogens with zero attached hydrogens (tertiary/aromatic N) is 4. The largest absolute Gasteiger partial charge is 0.466 e. The maximum absolute atomic E-state index is 12.8. The van der Waals surface area contributed by atoms with Crippen molar-refractivity contribution in [1.29, 1.82) is 5.26 Å². The molecule has 0 saturated carbocycles. The minimum Gasteiger partial charge on any atom is -0.466 e. The standard InChI is InChI=1S/C49H95N5O4/c1-6-9-12-15-18-27-34-44-57-47(55)38-30-23-19-25-32-41-54(43-35-40-51-49(52-45-50)53(4)5)42-33-26-20-24-31-39-48(56)58-46(36-28-21-16-13-10-7-2)37-29-22-17-14-11-8-3/h46H,6-44H2,1-5H3,(H,51,52). The molecule has 0 heterocycles. The number of nitrogens with one attached hydrogen (secondary N) is 1. The van der Waals surface area contributed by atoms with Gasteiger partial charge in [-0.1, -0.05) is 162 Å². The second kappa shape index (κ2) is 44.2. The van der Waals surface area contributed by atoms with E-state index in [-0.39, 0.29) is 18.0 Å². The van der Waals surface area contributed by atoms with Gasteiger partial charge in [0.2, 0.25) is 12.2 Å². The van der Waals surface area contributed by atoms with E-state index in [1.54, 1.807) is 0 Å². The highest BCUT2D eigenvalue weighted by Gasteiger charge is 2.14. The van der Waals surface area contributed by atoms with Crippen molar-refractivity contribution in [2.45, 2.75) is 245 Å². The second-order valence-electron chi connectivity index (χ2n) is 17.2. The Kier molecular flexibility index (Phi) is 42.4. The van der Waals surface area contributed by atoms with E-state index < -0.39 is 0 Å². The van der Waals surface area contributed by atoms with Gasteiger partial charge in [0.15, 0.2) is 0 Å². The van der Waals surface area contributed by atoms with Gasteiger partial charge in [0.25, 0.3) is 0 Å². The van der Waals surface area contributed by atoms with Crippen LogP contribution in [0.1, 0.15) is 239 Å². The Balaban J connectivity index is 4.49. The van der Waals surface area contributed by atoms with Crippen LogP contribution in [0, 0.1) is 11.5 Å². The van der Waals surface area contributed by atoms with Crippen LogP contribution in [-0.4, -0.2) is 80.7 Å². The highest BCUT2D eigenvalue weighted by molar-refractivity contribution is 5.80. The molecule has 0 amide bonds. The second-order valence-corrected chi connectivity index (χ2v) is 17.2. The molecule has 0 aliphatic heterocycles. The average molecular weight is 818 g/mol. The molecule has 0 unspecified atom stereocenters. The number of unbranched alkanes of at least 4 members (excludes halogenated alkanes) is 24. The first kappa shape index (κ1) is 55.7. The van der Waals surface area contributed by atoms with Crippen LogP contribution >= 0.6 is 0 Å². The molecule has 0 fully saturated rings. The fraction of sp³-hybridized carbons (Fsp3) is 0.918. The van der Waals surface area contributed by atoms with Gasteiger partial charge >= 0.3 is 11.9 Å². The number of nitriles is 1. The van der Waals surface area contributed by atoms with Crippen molar-refractivity contribution < 1.29 is 19.1 Å². The lowest BCUT2D eigenvalue weighted by Gasteiger charge is -2.23. The van der Waals surface area contributed by atoms with Crippen LogP contribution in [0.5, 0.6) is 0 Å². The molecule has 0 atom stereocenters. The van der Waals surface area contributed by atoms with E-state index in [0.29, 0.717) is 25.4 Å². The Morgan fingerprint density at radius 3 is 1.45 bits per heavy atom. The number of esters is 2. The average Bonchev–Trinajstić information content (AvgIpc) is 3.21. The zero-order valence-corrected chi connectivity index (χ0v) is 39.1. The van der Waals surface area contributed by atoms with E-state index in [1.807, 2.05) is 25.2 Å². The molecule has 0 radical (unpaired) electrons. The van der Waals surface area contributed by atoms with Crippen molar-refractivity contribution in [3.05, 3.63) is 0 Å². The summed E-state index contributed by atoms with van der Waals surface area (Å²) >= 11 is 0. The lowest BCUT2D eigenvalue weighted by molar-refractivity contribution is -0.150. The molecule has 58 heavy (non-hydrogen) atoms. The van der Waals surface area contributed by atoms with Crippen molar-refractivity contribution in [3.63, 3.8) is 0 Å². The van der Waals surface area contributed by atoms with E-state index in [2.05, 4.69) is 36.0 Å². The predicted octanol–water partition coefficient (Wildman–Crippen LogP) is 13.1. The molecule has 9 nitrogen and oxygen atoms in total. The molecular weight excluding hydrogens is 723 g/mol. The molecule has 0 aliphatic carbocycles. The Morgan fingerprint density at radius 2 is 0.966 bits per heavy atom. The summed E-state index contributed by atoms with van der Waals surface area (Å²) in [7, 11) is 3.79. The summed E-state index contributed by atoms with van der Waals surface area (Å²) in [5, 5.41) is 12.3. The van der Waals surface area contributed by atoms with Gasteiger partial charge in [-0.15, -0.1) is 4.99 Å². The van der Waals surface area contributed by atoms with Crippen molar-refractivity contribution >= 4 is 17.9 Å². The normalized spacial score (nSPS) is 11.7. The Labute approximate surface area is 359 Å². The topological polar surface area (TPSA) is 107 Å². The molecule has 9 heteroatoms. The van der Waals surface area contributed by atoms with Crippen molar-refractivity contribution in [3.8, 4) is 6.19 Å². The number of carbonyl (C=O) groups is 2. The number of rotatable bonds is 43. The van der Waals surface area contributed by atoms with Crippen molar-refractivity contribution in [2.75, 3.05) is 46.9 Å². The zero-order chi connectivity index (χ0) is 42.6. The molecule has 0 saturated heterocycles. The van der Waals surface area contributed by atoms with Crippen LogP contribution in [0.25, 0.3) is 0 Å². The summed E-state index contributed by atoms with van der Waals surface area (Å²) < 4.78 is 11.5. The molecule has 0 aromatic heterocycles. The van der Waals surface area contributed by atoms with Crippen LogP contribution in [-0.2, 0) is 19.1 Å². The van der Waals surface area contributed by atoms with Gasteiger partial charge in [0, 0.05) is 33.5 Å². The third-order valence-corrected chi connectivity index (χ3v) is 11.3. The van der Waals surface area contributed by atoms with Crippen LogP contribution in [0.2, 0.25) is 0 Å². The van der Waals surface area contributed by atoms with Gasteiger partial charge < -0.3 is 24.6 Å². The number of guanidine groups is 1. The van der Waals surface area contributed by atoms with Gasteiger partial charge in [0.1, 0.15) is 6.10 Å². The summed E-state index contributed by atoms with van der Waals surface area (Å²) in [4.78, 5) is 33.3. The number of aliphatic imine (C=N–C) groups is 1. The molecule has 0 aromatic carbocycles.